The van der Waals surface area contributed by atoms with Gasteiger partial charge in [-0.2, -0.15) is 0 Å². The third kappa shape index (κ3) is 3.83. The van der Waals surface area contributed by atoms with Crippen LogP contribution in [0.5, 0.6) is 5.75 Å². The molecule has 0 unspecified atom stereocenters. The van der Waals surface area contributed by atoms with E-state index in [1.54, 1.807) is 30.3 Å². The second-order valence-corrected chi connectivity index (χ2v) is 6.61. The molecule has 1 aliphatic heterocycles. The zero-order valence-corrected chi connectivity index (χ0v) is 16.0. The van der Waals surface area contributed by atoms with E-state index in [9.17, 15) is 9.59 Å². The molecular formula is C21H21ClN2O3. The number of anilines is 2. The van der Waals surface area contributed by atoms with Crippen molar-refractivity contribution in [3.05, 3.63) is 64.8 Å². The molecule has 6 heteroatoms. The predicted molar refractivity (Wildman–Crippen MR) is 107 cm³/mol. The Labute approximate surface area is 163 Å². The van der Waals surface area contributed by atoms with Crippen molar-refractivity contribution in [2.75, 3.05) is 17.3 Å². The molecule has 0 saturated heterocycles. The number of carbonyl (C=O) groups is 2. The minimum Gasteiger partial charge on any atom is -0.495 e. The number of imide groups is 1. The lowest BCUT2D eigenvalue weighted by molar-refractivity contribution is -0.120. The fourth-order valence-corrected chi connectivity index (χ4v) is 3.13. The fourth-order valence-electron chi connectivity index (χ4n) is 2.92. The largest absolute Gasteiger partial charge is 0.495 e. The molecule has 0 saturated carbocycles. The standard InChI is InChI=1S/C21H21ClN2O3/c1-3-4-7-14-10-12-15(13-11-14)24-20(25)18(22)19(21(24)26)23-16-8-5-6-9-17(16)27-2/h5-6,8-13,23H,3-4,7H2,1-2H3. The van der Waals surface area contributed by atoms with Crippen molar-refractivity contribution in [2.24, 2.45) is 0 Å². The summed E-state index contributed by atoms with van der Waals surface area (Å²) in [7, 11) is 1.53. The fraction of sp³-hybridized carbons (Fsp3) is 0.238. The summed E-state index contributed by atoms with van der Waals surface area (Å²) in [5.41, 5.74) is 2.28. The predicted octanol–water partition coefficient (Wildman–Crippen LogP) is 4.47. The van der Waals surface area contributed by atoms with E-state index in [4.69, 9.17) is 16.3 Å². The number of nitrogens with zero attached hydrogens (tertiary/aromatic N) is 1. The third-order valence-electron chi connectivity index (χ3n) is 4.41. The minimum absolute atomic E-state index is 0.0428. The zero-order valence-electron chi connectivity index (χ0n) is 15.3. The van der Waals surface area contributed by atoms with Crippen LogP contribution in [0.1, 0.15) is 25.3 Å². The molecule has 5 nitrogen and oxygen atoms in total. The van der Waals surface area contributed by atoms with Gasteiger partial charge in [0.15, 0.2) is 0 Å². The highest BCUT2D eigenvalue weighted by atomic mass is 35.5. The first-order chi connectivity index (χ1) is 13.1. The van der Waals surface area contributed by atoms with Crippen molar-refractivity contribution < 1.29 is 14.3 Å². The third-order valence-corrected chi connectivity index (χ3v) is 4.76. The van der Waals surface area contributed by atoms with Crippen LogP contribution >= 0.6 is 11.6 Å². The van der Waals surface area contributed by atoms with Gasteiger partial charge in [-0.25, -0.2) is 4.90 Å². The van der Waals surface area contributed by atoms with Crippen LogP contribution in [-0.4, -0.2) is 18.9 Å². The van der Waals surface area contributed by atoms with Crippen molar-refractivity contribution in [3.63, 3.8) is 0 Å². The minimum atomic E-state index is -0.541. The molecule has 0 aliphatic carbocycles. The smallest absolute Gasteiger partial charge is 0.283 e. The molecule has 140 valence electrons. The van der Waals surface area contributed by atoms with Crippen molar-refractivity contribution in [1.82, 2.24) is 0 Å². The van der Waals surface area contributed by atoms with Gasteiger partial charge in [-0.3, -0.25) is 9.59 Å². The van der Waals surface area contributed by atoms with Gasteiger partial charge in [0.1, 0.15) is 16.5 Å². The maximum atomic E-state index is 12.8. The van der Waals surface area contributed by atoms with Crippen molar-refractivity contribution in [2.45, 2.75) is 26.2 Å². The van der Waals surface area contributed by atoms with E-state index in [0.717, 1.165) is 24.2 Å². The monoisotopic (exact) mass is 384 g/mol. The van der Waals surface area contributed by atoms with E-state index in [-0.39, 0.29) is 10.7 Å². The lowest BCUT2D eigenvalue weighted by Gasteiger charge is -2.16. The average molecular weight is 385 g/mol. The normalized spacial score (nSPS) is 14.1. The van der Waals surface area contributed by atoms with Gasteiger partial charge in [0.2, 0.25) is 0 Å². The summed E-state index contributed by atoms with van der Waals surface area (Å²) in [4.78, 5) is 26.5. The Bertz CT molecular complexity index is 891. The first kappa shape index (κ1) is 19.0. The van der Waals surface area contributed by atoms with E-state index in [1.165, 1.54) is 12.7 Å². The summed E-state index contributed by atoms with van der Waals surface area (Å²) < 4.78 is 5.27. The summed E-state index contributed by atoms with van der Waals surface area (Å²) in [6.45, 7) is 2.14. The number of para-hydroxylation sites is 2. The van der Waals surface area contributed by atoms with E-state index in [1.807, 2.05) is 18.2 Å². The number of rotatable bonds is 7. The second kappa shape index (κ2) is 8.27. The molecule has 27 heavy (non-hydrogen) atoms. The first-order valence-electron chi connectivity index (χ1n) is 8.84. The van der Waals surface area contributed by atoms with Gasteiger partial charge >= 0.3 is 0 Å². The number of halogens is 1. The van der Waals surface area contributed by atoms with Crippen LogP contribution in [0.15, 0.2) is 59.3 Å². The Hall–Kier alpha value is -2.79. The van der Waals surface area contributed by atoms with Crippen LogP contribution in [0, 0.1) is 0 Å². The Kier molecular flexibility index (Phi) is 5.81. The highest BCUT2D eigenvalue weighted by molar-refractivity contribution is 6.53. The first-order valence-corrected chi connectivity index (χ1v) is 9.22. The van der Waals surface area contributed by atoms with Crippen LogP contribution in [0.3, 0.4) is 0 Å². The summed E-state index contributed by atoms with van der Waals surface area (Å²) in [6.07, 6.45) is 3.18. The maximum Gasteiger partial charge on any atom is 0.283 e. The molecule has 0 bridgehead atoms. The number of aryl methyl sites for hydroxylation is 1. The Morgan fingerprint density at radius 1 is 1.04 bits per heavy atom. The summed E-state index contributed by atoms with van der Waals surface area (Å²) in [5, 5.41) is 2.80. The van der Waals surface area contributed by atoms with Gasteiger partial charge in [-0.05, 0) is 42.7 Å². The Morgan fingerprint density at radius 2 is 1.74 bits per heavy atom. The van der Waals surface area contributed by atoms with Crippen LogP contribution in [0.2, 0.25) is 0 Å². The SMILES string of the molecule is CCCCc1ccc(N2C(=O)C(Cl)=C(Nc3ccccc3OC)C2=O)cc1. The Balaban J connectivity index is 1.83. The van der Waals surface area contributed by atoms with Crippen LogP contribution in [0.25, 0.3) is 0 Å². The van der Waals surface area contributed by atoms with E-state index >= 15 is 0 Å². The van der Waals surface area contributed by atoms with Gasteiger partial charge in [-0.15, -0.1) is 0 Å². The number of amides is 2. The lowest BCUT2D eigenvalue weighted by atomic mass is 10.1. The highest BCUT2D eigenvalue weighted by Crippen LogP contribution is 2.32. The maximum absolute atomic E-state index is 12.8. The van der Waals surface area contributed by atoms with Crippen LogP contribution in [0.4, 0.5) is 11.4 Å². The number of nitrogens with one attached hydrogen (secondary N) is 1. The number of benzene rings is 2. The number of ether oxygens (including phenoxy) is 1. The van der Waals surface area contributed by atoms with Crippen LogP contribution in [-0.2, 0) is 16.0 Å². The lowest BCUT2D eigenvalue weighted by Crippen LogP contribution is -2.32. The quantitative estimate of drug-likeness (QED) is 0.715. The van der Waals surface area contributed by atoms with E-state index in [0.29, 0.717) is 17.1 Å². The van der Waals surface area contributed by atoms with Gasteiger partial charge < -0.3 is 10.1 Å². The van der Waals surface area contributed by atoms with E-state index in [2.05, 4.69) is 12.2 Å². The molecule has 0 atom stereocenters. The highest BCUT2D eigenvalue weighted by Gasteiger charge is 2.39. The summed E-state index contributed by atoms with van der Waals surface area (Å²) in [6, 6.07) is 14.5. The number of unbranched alkanes of at least 4 members (excludes halogenated alkanes) is 1. The number of carbonyl (C=O) groups excluding carboxylic acids is 2. The average Bonchev–Trinajstić information content (AvgIpc) is 2.90. The molecule has 0 aromatic heterocycles. The Morgan fingerprint density at radius 3 is 2.41 bits per heavy atom. The molecule has 2 aromatic rings. The molecule has 1 N–H and O–H groups in total. The molecule has 0 fully saturated rings. The zero-order chi connectivity index (χ0) is 19.4. The molecule has 1 heterocycles. The van der Waals surface area contributed by atoms with Gasteiger partial charge in [0, 0.05) is 0 Å². The second-order valence-electron chi connectivity index (χ2n) is 6.23. The number of hydrogen-bond acceptors (Lipinski definition) is 4. The van der Waals surface area contributed by atoms with Gasteiger partial charge in [-0.1, -0.05) is 49.2 Å². The molecule has 2 amide bonds. The molecule has 0 spiro atoms. The topological polar surface area (TPSA) is 58.6 Å². The molecular weight excluding hydrogens is 364 g/mol. The van der Waals surface area contributed by atoms with Crippen molar-refractivity contribution in [3.8, 4) is 5.75 Å². The number of hydrogen-bond donors (Lipinski definition) is 1. The van der Waals surface area contributed by atoms with Gasteiger partial charge in [0.25, 0.3) is 11.8 Å². The summed E-state index contributed by atoms with van der Waals surface area (Å²) >= 11 is 6.18. The van der Waals surface area contributed by atoms with Crippen LogP contribution < -0.4 is 15.0 Å². The van der Waals surface area contributed by atoms with Crippen molar-refractivity contribution in [1.29, 1.82) is 0 Å². The summed E-state index contributed by atoms with van der Waals surface area (Å²) in [5.74, 6) is -0.481. The molecule has 2 aromatic carbocycles. The molecule has 3 rings (SSSR count). The molecule has 0 radical (unpaired) electrons. The molecule has 1 aliphatic rings. The number of methoxy groups -OCH3 is 1. The van der Waals surface area contributed by atoms with E-state index < -0.39 is 11.8 Å². The van der Waals surface area contributed by atoms with Crippen molar-refractivity contribution >= 4 is 34.8 Å². The van der Waals surface area contributed by atoms with Gasteiger partial charge in [0.05, 0.1) is 18.5 Å².